The van der Waals surface area contributed by atoms with Crippen molar-refractivity contribution in [1.82, 2.24) is 10.3 Å². The van der Waals surface area contributed by atoms with Crippen LogP contribution >= 0.6 is 0 Å². The molecule has 1 aromatic heterocycles. The minimum absolute atomic E-state index is 0.323. The molecule has 21 heavy (non-hydrogen) atoms. The van der Waals surface area contributed by atoms with Crippen LogP contribution in [0.15, 0.2) is 42.6 Å². The van der Waals surface area contributed by atoms with Gasteiger partial charge in [-0.25, -0.2) is 0 Å². The molecule has 0 aliphatic carbocycles. The van der Waals surface area contributed by atoms with Crippen LogP contribution in [0.1, 0.15) is 16.8 Å². The maximum Gasteiger partial charge on any atom is 0.296 e. The zero-order chi connectivity index (χ0) is 15.1. The van der Waals surface area contributed by atoms with Crippen LogP contribution in [0.25, 0.3) is 0 Å². The van der Waals surface area contributed by atoms with E-state index in [9.17, 15) is 4.79 Å². The fourth-order valence-corrected chi connectivity index (χ4v) is 1.71. The third-order valence-corrected chi connectivity index (χ3v) is 2.94. The fraction of sp³-hybridized carbons (Fsp3) is 0.176. The molecule has 0 bridgehead atoms. The Kier molecular flexibility index (Phi) is 4.94. The number of amides is 1. The van der Waals surface area contributed by atoms with Gasteiger partial charge in [-0.3, -0.25) is 9.78 Å². The maximum atomic E-state index is 11.7. The molecule has 1 aromatic carbocycles. The Morgan fingerprint density at radius 2 is 2.05 bits per heavy atom. The van der Waals surface area contributed by atoms with Crippen LogP contribution in [-0.4, -0.2) is 18.0 Å². The molecule has 4 heteroatoms. The first-order valence-corrected chi connectivity index (χ1v) is 6.53. The minimum Gasteiger partial charge on any atom is -0.497 e. The Bertz CT molecular complexity index is 682. The fourth-order valence-electron chi connectivity index (χ4n) is 1.71. The van der Waals surface area contributed by atoms with E-state index in [2.05, 4.69) is 22.1 Å². The molecule has 0 unspecified atom stereocenters. The smallest absolute Gasteiger partial charge is 0.296 e. The van der Waals surface area contributed by atoms with Gasteiger partial charge in [0.2, 0.25) is 0 Å². The number of aryl methyl sites for hydroxylation is 1. The zero-order valence-corrected chi connectivity index (χ0v) is 12.0. The van der Waals surface area contributed by atoms with E-state index in [4.69, 9.17) is 4.74 Å². The molecular weight excluding hydrogens is 264 g/mol. The molecule has 0 aliphatic rings. The maximum absolute atomic E-state index is 11.7. The van der Waals surface area contributed by atoms with Gasteiger partial charge in [0.15, 0.2) is 0 Å². The molecule has 0 saturated carbocycles. The van der Waals surface area contributed by atoms with Gasteiger partial charge in [0.1, 0.15) is 5.75 Å². The van der Waals surface area contributed by atoms with Gasteiger partial charge in [0.05, 0.1) is 19.3 Å². The molecule has 1 N–H and O–H groups in total. The molecule has 2 rings (SSSR count). The summed E-state index contributed by atoms with van der Waals surface area (Å²) in [6.45, 7) is 2.33. The van der Waals surface area contributed by atoms with Gasteiger partial charge < -0.3 is 10.1 Å². The van der Waals surface area contributed by atoms with Crippen molar-refractivity contribution in [1.29, 1.82) is 0 Å². The lowest BCUT2D eigenvalue weighted by molar-refractivity contribution is -0.115. The van der Waals surface area contributed by atoms with Crippen LogP contribution < -0.4 is 10.1 Å². The zero-order valence-electron chi connectivity index (χ0n) is 12.0. The molecule has 0 fully saturated rings. The van der Waals surface area contributed by atoms with Crippen molar-refractivity contribution in [3.05, 3.63) is 59.4 Å². The van der Waals surface area contributed by atoms with E-state index < -0.39 is 0 Å². The quantitative estimate of drug-likeness (QED) is 0.876. The number of rotatable bonds is 3. The largest absolute Gasteiger partial charge is 0.497 e. The predicted molar refractivity (Wildman–Crippen MR) is 80.7 cm³/mol. The summed E-state index contributed by atoms with van der Waals surface area (Å²) in [5.74, 6) is 5.80. The third kappa shape index (κ3) is 4.36. The third-order valence-electron chi connectivity index (χ3n) is 2.94. The second kappa shape index (κ2) is 7.11. The second-order valence-electron chi connectivity index (χ2n) is 4.43. The molecule has 0 saturated heterocycles. The van der Waals surface area contributed by atoms with Crippen LogP contribution in [-0.2, 0) is 11.3 Å². The van der Waals surface area contributed by atoms with E-state index in [1.54, 1.807) is 25.4 Å². The standard InChI is InChI=1S/C17H16N2O2/c1-13-4-3-11-18-16(13)12-19-17(20)10-7-14-5-8-15(21-2)9-6-14/h3-6,8-9,11H,12H2,1-2H3,(H,19,20). The summed E-state index contributed by atoms with van der Waals surface area (Å²) in [7, 11) is 1.60. The molecular formula is C17H16N2O2. The number of methoxy groups -OCH3 is 1. The summed E-state index contributed by atoms with van der Waals surface area (Å²) in [5, 5.41) is 2.73. The Balaban J connectivity index is 1.93. The summed E-state index contributed by atoms with van der Waals surface area (Å²) in [6.07, 6.45) is 1.71. The van der Waals surface area contributed by atoms with Gasteiger partial charge in [-0.2, -0.15) is 0 Å². The number of carbonyl (C=O) groups excluding carboxylic acids is 1. The Morgan fingerprint density at radius 1 is 1.29 bits per heavy atom. The summed E-state index contributed by atoms with van der Waals surface area (Å²) in [4.78, 5) is 15.9. The van der Waals surface area contributed by atoms with Gasteiger partial charge in [-0.05, 0) is 42.8 Å². The molecule has 2 aromatic rings. The van der Waals surface area contributed by atoms with Gasteiger partial charge in [-0.1, -0.05) is 12.0 Å². The van der Waals surface area contributed by atoms with Crippen molar-refractivity contribution in [2.24, 2.45) is 0 Å². The van der Waals surface area contributed by atoms with Crippen molar-refractivity contribution >= 4 is 5.91 Å². The molecule has 4 nitrogen and oxygen atoms in total. The molecule has 0 spiro atoms. The van der Waals surface area contributed by atoms with Crippen LogP contribution in [0.2, 0.25) is 0 Å². The second-order valence-corrected chi connectivity index (χ2v) is 4.43. The predicted octanol–water partition coefficient (Wildman–Crippen LogP) is 2.07. The molecule has 1 heterocycles. The molecule has 0 atom stereocenters. The summed E-state index contributed by atoms with van der Waals surface area (Å²) in [5.41, 5.74) is 2.65. The monoisotopic (exact) mass is 280 g/mol. The number of hydrogen-bond donors (Lipinski definition) is 1. The number of nitrogens with one attached hydrogen (secondary N) is 1. The number of pyridine rings is 1. The highest BCUT2D eigenvalue weighted by atomic mass is 16.5. The van der Waals surface area contributed by atoms with E-state index in [1.807, 2.05) is 31.2 Å². The highest BCUT2D eigenvalue weighted by molar-refractivity contribution is 5.94. The average Bonchev–Trinajstić information content (AvgIpc) is 2.52. The van der Waals surface area contributed by atoms with Crippen LogP contribution in [0.3, 0.4) is 0 Å². The molecule has 0 radical (unpaired) electrons. The van der Waals surface area contributed by atoms with E-state index in [0.717, 1.165) is 22.6 Å². The highest BCUT2D eigenvalue weighted by Crippen LogP contribution is 2.10. The van der Waals surface area contributed by atoms with Crippen molar-refractivity contribution < 1.29 is 9.53 Å². The van der Waals surface area contributed by atoms with Gasteiger partial charge in [-0.15, -0.1) is 0 Å². The number of aromatic nitrogens is 1. The summed E-state index contributed by atoms with van der Waals surface area (Å²) in [6, 6.07) is 11.0. The van der Waals surface area contributed by atoms with Crippen molar-refractivity contribution in [2.45, 2.75) is 13.5 Å². The first kappa shape index (κ1) is 14.6. The summed E-state index contributed by atoms with van der Waals surface area (Å²) < 4.78 is 5.06. The molecule has 0 aliphatic heterocycles. The van der Waals surface area contributed by atoms with Gasteiger partial charge in [0.25, 0.3) is 5.91 Å². The Labute approximate surface area is 124 Å². The number of hydrogen-bond acceptors (Lipinski definition) is 3. The first-order chi connectivity index (χ1) is 10.2. The van der Waals surface area contributed by atoms with Crippen molar-refractivity contribution in [2.75, 3.05) is 7.11 Å². The van der Waals surface area contributed by atoms with Crippen LogP contribution in [0.4, 0.5) is 0 Å². The SMILES string of the molecule is COc1ccc(C#CC(=O)NCc2ncccc2C)cc1. The molecule has 1 amide bonds. The van der Waals surface area contributed by atoms with E-state index in [-0.39, 0.29) is 5.91 Å². The number of nitrogens with zero attached hydrogens (tertiary/aromatic N) is 1. The van der Waals surface area contributed by atoms with Gasteiger partial charge >= 0.3 is 0 Å². The van der Waals surface area contributed by atoms with Crippen molar-refractivity contribution in [3.8, 4) is 17.6 Å². The average molecular weight is 280 g/mol. The topological polar surface area (TPSA) is 51.2 Å². The van der Waals surface area contributed by atoms with Crippen LogP contribution in [0.5, 0.6) is 5.75 Å². The number of ether oxygens (including phenoxy) is 1. The highest BCUT2D eigenvalue weighted by Gasteiger charge is 2.00. The van der Waals surface area contributed by atoms with E-state index in [0.29, 0.717) is 6.54 Å². The lowest BCUT2D eigenvalue weighted by Crippen LogP contribution is -2.21. The van der Waals surface area contributed by atoms with Crippen LogP contribution in [0, 0.1) is 18.8 Å². The minimum atomic E-state index is -0.323. The Hall–Kier alpha value is -2.80. The first-order valence-electron chi connectivity index (χ1n) is 6.53. The lowest BCUT2D eigenvalue weighted by atomic mass is 10.2. The number of carbonyl (C=O) groups is 1. The summed E-state index contributed by atoms with van der Waals surface area (Å²) >= 11 is 0. The normalized spacial score (nSPS) is 9.43. The van der Waals surface area contributed by atoms with E-state index >= 15 is 0 Å². The van der Waals surface area contributed by atoms with Gasteiger partial charge in [0, 0.05) is 17.7 Å². The lowest BCUT2D eigenvalue weighted by Gasteiger charge is -2.03. The molecule has 106 valence electrons. The van der Waals surface area contributed by atoms with E-state index in [1.165, 1.54) is 0 Å². The number of benzene rings is 1. The Morgan fingerprint density at radius 3 is 2.71 bits per heavy atom. The van der Waals surface area contributed by atoms with Crippen molar-refractivity contribution in [3.63, 3.8) is 0 Å².